The van der Waals surface area contributed by atoms with E-state index in [0.29, 0.717) is 36.2 Å². The number of ether oxygens (including phenoxy) is 2. The van der Waals surface area contributed by atoms with Gasteiger partial charge in [0.1, 0.15) is 28.8 Å². The Morgan fingerprint density at radius 1 is 0.392 bits per heavy atom. The third-order valence-corrected chi connectivity index (χ3v) is 12.3. The van der Waals surface area contributed by atoms with Gasteiger partial charge in [-0.15, -0.1) is 48.6 Å². The number of alkyl halides is 5. The van der Waals surface area contributed by atoms with Gasteiger partial charge in [0.25, 0.3) is 0 Å². The summed E-state index contributed by atoms with van der Waals surface area (Å²) in [7, 11) is 0. The molecule has 0 aliphatic carbocycles. The second kappa shape index (κ2) is 26.6. The first-order valence-corrected chi connectivity index (χ1v) is 24.2. The van der Waals surface area contributed by atoms with E-state index >= 15 is 0 Å². The quantitative estimate of drug-likeness (QED) is 0.0690. The Kier molecular flexibility index (Phi) is 20.6. The van der Waals surface area contributed by atoms with E-state index in [1.165, 1.54) is 51.6 Å². The number of aryl methyl sites for hydroxylation is 4. The van der Waals surface area contributed by atoms with Crippen molar-refractivity contribution in [2.24, 2.45) is 0 Å². The molecule has 0 aliphatic heterocycles. The molecule has 0 unspecified atom stereocenters. The average molecular weight is 1170 g/mol. The minimum Gasteiger partial charge on any atom is -0.429 e. The van der Waals surface area contributed by atoms with Crippen molar-refractivity contribution in [3.63, 3.8) is 0 Å². The van der Waals surface area contributed by atoms with Crippen LogP contribution in [0.1, 0.15) is 48.6 Å². The number of halogens is 13. The van der Waals surface area contributed by atoms with Crippen LogP contribution in [0.15, 0.2) is 170 Å². The SMILES string of the molecule is CCc1c[c-]c(-c2cc(F)c(C(F)(F)Oc3cc(F)c(F)c(F)c3)c(F)c2)cc1.CCc1ccc(-c2ccc(-c3cc(F)c(OC(F)(F)F)c(F)c3)c(F)c2)cc1.CCc1ccc(-c2ccc(-c3ccc(C)cc3)cc2)cc1.[Y]. The molecule has 0 heterocycles. The molecule has 9 aromatic rings. The molecule has 0 atom stereocenters. The van der Waals surface area contributed by atoms with Gasteiger partial charge in [0.05, 0.1) is 0 Å². The molecule has 405 valence electrons. The summed E-state index contributed by atoms with van der Waals surface area (Å²) in [4.78, 5) is 0. The van der Waals surface area contributed by atoms with Gasteiger partial charge in [-0.3, -0.25) is 0 Å². The summed E-state index contributed by atoms with van der Waals surface area (Å²) in [6, 6.07) is 48.3. The molecule has 79 heavy (non-hydrogen) atoms. The zero-order valence-corrected chi connectivity index (χ0v) is 45.4. The van der Waals surface area contributed by atoms with E-state index in [-0.39, 0.29) is 67.1 Å². The number of rotatable bonds is 12. The van der Waals surface area contributed by atoms with Gasteiger partial charge in [-0.1, -0.05) is 160 Å². The van der Waals surface area contributed by atoms with Crippen LogP contribution in [0.4, 0.5) is 57.1 Å². The molecule has 16 heteroatoms. The number of hydrogen-bond donors (Lipinski definition) is 0. The summed E-state index contributed by atoms with van der Waals surface area (Å²) in [5.74, 6) is -15.4. The fraction of sp³-hybridized carbons (Fsp3) is 0.143. The zero-order valence-electron chi connectivity index (χ0n) is 42.6. The van der Waals surface area contributed by atoms with Crippen LogP contribution in [0.3, 0.4) is 0 Å². The Bertz CT molecular complexity index is 3420. The Morgan fingerprint density at radius 2 is 0.785 bits per heavy atom. The first-order chi connectivity index (χ1) is 37.1. The molecule has 9 rings (SSSR count). The molecule has 0 N–H and O–H groups in total. The van der Waals surface area contributed by atoms with Crippen molar-refractivity contribution >= 4 is 0 Å². The van der Waals surface area contributed by atoms with Crippen molar-refractivity contribution in [2.75, 3.05) is 0 Å². The third kappa shape index (κ3) is 15.8. The summed E-state index contributed by atoms with van der Waals surface area (Å²) in [5.41, 5.74) is 9.22. The van der Waals surface area contributed by atoms with Crippen molar-refractivity contribution < 1.29 is 99.3 Å². The van der Waals surface area contributed by atoms with Crippen molar-refractivity contribution in [2.45, 2.75) is 59.4 Å². The molecule has 0 aliphatic rings. The molecule has 0 saturated carbocycles. The van der Waals surface area contributed by atoms with Gasteiger partial charge in [-0.2, -0.15) is 8.78 Å². The van der Waals surface area contributed by atoms with Gasteiger partial charge in [0, 0.05) is 50.4 Å². The standard InChI is InChI=1S/C21H12F7O.C21H14F6O.C21H20.Y/c1-2-11-3-5-12(6-4-11)13-7-15(22)19(16(23)8-13)21(27,28)29-14-9-17(24)20(26)18(25)10-14;1-2-12-3-5-13(6-4-12)14-7-8-16(17(22)9-14)15-10-18(23)20(19(24)11-15)28-21(25,26)27;1-3-17-6-10-19(11-7-17)21-14-12-20(13-15-21)18-8-4-16(2)5-9-18;/h3-5,7-10H,2H2,1H3;3-11H,2H2,1H3;4-15H,3H2,1-2H3;/q-1;;;. The van der Waals surface area contributed by atoms with Crippen LogP contribution in [-0.4, -0.2) is 6.36 Å². The Morgan fingerprint density at radius 3 is 1.20 bits per heavy atom. The van der Waals surface area contributed by atoms with Crippen molar-refractivity contribution in [3.05, 3.63) is 250 Å². The van der Waals surface area contributed by atoms with Gasteiger partial charge >= 0.3 is 12.5 Å². The summed E-state index contributed by atoms with van der Waals surface area (Å²) in [6.07, 6.45) is -7.21. The maximum atomic E-state index is 14.5. The molecule has 0 bridgehead atoms. The molecule has 2 nitrogen and oxygen atoms in total. The first-order valence-electron chi connectivity index (χ1n) is 24.2. The fourth-order valence-electron chi connectivity index (χ4n) is 7.98. The van der Waals surface area contributed by atoms with Crippen LogP contribution in [-0.2, 0) is 58.1 Å². The number of hydrogen-bond acceptors (Lipinski definition) is 2. The second-order valence-electron chi connectivity index (χ2n) is 17.7. The predicted octanol–water partition coefficient (Wildman–Crippen LogP) is 19.3. The normalized spacial score (nSPS) is 11.2. The van der Waals surface area contributed by atoms with Gasteiger partial charge in [0.2, 0.25) is 5.75 Å². The monoisotopic (exact) mass is 1170 g/mol. The summed E-state index contributed by atoms with van der Waals surface area (Å²) in [5, 5.41) is 0. The van der Waals surface area contributed by atoms with Crippen molar-refractivity contribution in [1.29, 1.82) is 0 Å². The van der Waals surface area contributed by atoms with Crippen LogP contribution in [0.5, 0.6) is 11.5 Å². The molecular formula is C63H46F13O2Y-. The summed E-state index contributed by atoms with van der Waals surface area (Å²) >= 11 is 0. The Hall–Kier alpha value is -7.23. The Balaban J connectivity index is 0.000000193. The summed E-state index contributed by atoms with van der Waals surface area (Å²) in [6.45, 7) is 8.21. The zero-order chi connectivity index (χ0) is 56.5. The molecule has 0 aromatic heterocycles. The van der Waals surface area contributed by atoms with E-state index in [0.717, 1.165) is 29.5 Å². The van der Waals surface area contributed by atoms with E-state index < -0.39 is 76.1 Å². The molecule has 0 amide bonds. The van der Waals surface area contributed by atoms with Crippen LogP contribution in [0.2, 0.25) is 0 Å². The van der Waals surface area contributed by atoms with E-state index in [9.17, 15) is 57.1 Å². The number of benzene rings is 9. The molecule has 0 fully saturated rings. The predicted molar refractivity (Wildman–Crippen MR) is 276 cm³/mol. The third-order valence-electron chi connectivity index (χ3n) is 12.3. The van der Waals surface area contributed by atoms with Gasteiger partial charge in [0.15, 0.2) is 29.1 Å². The van der Waals surface area contributed by atoms with Gasteiger partial charge < -0.3 is 9.47 Å². The first kappa shape index (κ1) is 61.0. The van der Waals surface area contributed by atoms with Crippen LogP contribution in [0, 0.1) is 59.5 Å². The van der Waals surface area contributed by atoms with Crippen LogP contribution < -0.4 is 9.47 Å². The van der Waals surface area contributed by atoms with E-state index in [2.05, 4.69) is 102 Å². The molecular weight excluding hydrogens is 1120 g/mol. The second-order valence-corrected chi connectivity index (χ2v) is 17.7. The van der Waals surface area contributed by atoms with Crippen LogP contribution >= 0.6 is 0 Å². The molecule has 0 spiro atoms. The molecule has 1 radical (unpaired) electrons. The Labute approximate surface area is 473 Å². The minimum absolute atomic E-state index is 0. The smallest absolute Gasteiger partial charge is 0.429 e. The van der Waals surface area contributed by atoms with Crippen molar-refractivity contribution in [1.82, 2.24) is 0 Å². The maximum absolute atomic E-state index is 14.5. The van der Waals surface area contributed by atoms with Crippen LogP contribution in [0.25, 0.3) is 55.6 Å². The molecule has 9 aromatic carbocycles. The van der Waals surface area contributed by atoms with E-state index in [1.54, 1.807) is 18.2 Å². The largest absolute Gasteiger partial charge is 0.573 e. The van der Waals surface area contributed by atoms with Crippen molar-refractivity contribution in [3.8, 4) is 67.1 Å². The maximum Gasteiger partial charge on any atom is 0.573 e. The van der Waals surface area contributed by atoms with Gasteiger partial charge in [-0.25, -0.2) is 35.1 Å². The molecule has 0 saturated heterocycles. The minimum atomic E-state index is -5.25. The van der Waals surface area contributed by atoms with E-state index in [4.69, 9.17) is 0 Å². The van der Waals surface area contributed by atoms with Gasteiger partial charge in [-0.05, 0) is 88.0 Å². The average Bonchev–Trinajstić information content (AvgIpc) is 3.44. The summed E-state index contributed by atoms with van der Waals surface area (Å²) < 4.78 is 183. The fourth-order valence-corrected chi connectivity index (χ4v) is 7.98. The van der Waals surface area contributed by atoms with E-state index in [1.807, 2.05) is 38.1 Å². The topological polar surface area (TPSA) is 18.5 Å².